The molecule has 0 N–H and O–H groups in total. The molecule has 3 aliphatic rings. The number of anilines is 2. The van der Waals surface area contributed by atoms with Crippen LogP contribution >= 0.6 is 0 Å². The Balaban J connectivity index is 1.22. The molecule has 2 fully saturated rings. The molecular formula is C23H29N5O3. The molecule has 3 aliphatic heterocycles. The summed E-state index contributed by atoms with van der Waals surface area (Å²) < 4.78 is 11.5. The predicted octanol–water partition coefficient (Wildman–Crippen LogP) is 1.66. The molecule has 4 heterocycles. The fourth-order valence-corrected chi connectivity index (χ4v) is 4.46. The van der Waals surface area contributed by atoms with Gasteiger partial charge in [0.05, 0.1) is 13.2 Å². The number of carbonyl (C=O) groups is 1. The number of rotatable bonds is 3. The molecule has 1 aromatic carbocycles. The number of amides is 1. The first-order valence-electron chi connectivity index (χ1n) is 11.1. The third kappa shape index (κ3) is 4.30. The van der Waals surface area contributed by atoms with Crippen LogP contribution < -0.4 is 14.5 Å². The first-order chi connectivity index (χ1) is 15.2. The molecule has 31 heavy (non-hydrogen) atoms. The third-order valence-electron chi connectivity index (χ3n) is 6.23. The van der Waals surface area contributed by atoms with Gasteiger partial charge in [-0.2, -0.15) is 4.98 Å². The number of piperazine rings is 1. The van der Waals surface area contributed by atoms with E-state index in [-0.39, 0.29) is 12.0 Å². The Morgan fingerprint density at radius 2 is 1.77 bits per heavy atom. The lowest BCUT2D eigenvalue weighted by atomic mass is 10.0. The van der Waals surface area contributed by atoms with Crippen molar-refractivity contribution in [1.82, 2.24) is 14.9 Å². The number of para-hydroxylation sites is 1. The largest absolute Gasteiger partial charge is 0.480 e. The zero-order chi connectivity index (χ0) is 21.2. The van der Waals surface area contributed by atoms with E-state index >= 15 is 0 Å². The highest BCUT2D eigenvalue weighted by atomic mass is 16.5. The van der Waals surface area contributed by atoms with E-state index in [1.165, 1.54) is 5.56 Å². The Bertz CT molecular complexity index is 939. The lowest BCUT2D eigenvalue weighted by Gasteiger charge is -2.38. The molecule has 0 aliphatic carbocycles. The van der Waals surface area contributed by atoms with Gasteiger partial charge in [0.25, 0.3) is 5.91 Å². The van der Waals surface area contributed by atoms with Crippen LogP contribution in [0.3, 0.4) is 0 Å². The molecule has 1 unspecified atom stereocenters. The lowest BCUT2D eigenvalue weighted by molar-refractivity contribution is -0.139. The molecule has 1 atom stereocenters. The maximum atomic E-state index is 13.1. The second-order valence-corrected chi connectivity index (χ2v) is 8.33. The minimum atomic E-state index is -0.379. The summed E-state index contributed by atoms with van der Waals surface area (Å²) in [6, 6.07) is 10.0. The molecule has 2 saturated heterocycles. The Morgan fingerprint density at radius 1 is 1.00 bits per heavy atom. The van der Waals surface area contributed by atoms with Gasteiger partial charge in [0.1, 0.15) is 11.6 Å². The highest BCUT2D eigenvalue weighted by Crippen LogP contribution is 2.28. The second-order valence-electron chi connectivity index (χ2n) is 8.33. The fraction of sp³-hybridized carbons (Fsp3) is 0.522. The van der Waals surface area contributed by atoms with Crippen molar-refractivity contribution in [3.8, 4) is 5.75 Å². The average molecular weight is 424 g/mol. The molecule has 1 amide bonds. The molecular weight excluding hydrogens is 394 g/mol. The number of hydrogen-bond donors (Lipinski definition) is 0. The zero-order valence-corrected chi connectivity index (χ0v) is 18.0. The van der Waals surface area contributed by atoms with E-state index < -0.39 is 0 Å². The fourth-order valence-electron chi connectivity index (χ4n) is 4.46. The first kappa shape index (κ1) is 20.1. The van der Waals surface area contributed by atoms with Crippen molar-refractivity contribution in [3.63, 3.8) is 0 Å². The number of hydrogen-bond acceptors (Lipinski definition) is 7. The lowest BCUT2D eigenvalue weighted by Crippen LogP contribution is -2.53. The summed E-state index contributed by atoms with van der Waals surface area (Å²) in [7, 11) is 0. The van der Waals surface area contributed by atoms with Crippen LogP contribution in [0.15, 0.2) is 30.3 Å². The van der Waals surface area contributed by atoms with Gasteiger partial charge in [-0.15, -0.1) is 0 Å². The summed E-state index contributed by atoms with van der Waals surface area (Å²) in [4.78, 5) is 28.9. The smallest absolute Gasteiger partial charge is 0.263 e. The van der Waals surface area contributed by atoms with Crippen LogP contribution in [0, 0.1) is 6.92 Å². The zero-order valence-electron chi connectivity index (χ0n) is 18.0. The van der Waals surface area contributed by atoms with Gasteiger partial charge in [-0.3, -0.25) is 4.79 Å². The van der Waals surface area contributed by atoms with E-state index in [0.717, 1.165) is 62.2 Å². The van der Waals surface area contributed by atoms with Gasteiger partial charge >= 0.3 is 0 Å². The summed E-state index contributed by atoms with van der Waals surface area (Å²) in [5, 5.41) is 0. The number of benzene rings is 1. The van der Waals surface area contributed by atoms with Crippen molar-refractivity contribution >= 4 is 17.7 Å². The molecule has 5 rings (SSSR count). The second kappa shape index (κ2) is 8.70. The van der Waals surface area contributed by atoms with Gasteiger partial charge in [0, 0.05) is 51.0 Å². The molecule has 0 radical (unpaired) electrons. The maximum Gasteiger partial charge on any atom is 0.263 e. The SMILES string of the molecule is Cc1cc(N2CCN(C(=O)C3CCc4ccccc4O3)CC2)nc(N2CCOCC2)n1. The van der Waals surface area contributed by atoms with Gasteiger partial charge in [-0.05, 0) is 31.4 Å². The molecule has 2 aromatic rings. The van der Waals surface area contributed by atoms with Gasteiger partial charge in [-0.25, -0.2) is 4.98 Å². The highest BCUT2D eigenvalue weighted by Gasteiger charge is 2.32. The maximum absolute atomic E-state index is 13.1. The van der Waals surface area contributed by atoms with Crippen molar-refractivity contribution < 1.29 is 14.3 Å². The predicted molar refractivity (Wildman–Crippen MR) is 118 cm³/mol. The third-order valence-corrected chi connectivity index (χ3v) is 6.23. The number of aromatic nitrogens is 2. The summed E-state index contributed by atoms with van der Waals surface area (Å²) >= 11 is 0. The van der Waals surface area contributed by atoms with Crippen molar-refractivity contribution in [2.24, 2.45) is 0 Å². The quantitative estimate of drug-likeness (QED) is 0.744. The van der Waals surface area contributed by atoms with Crippen molar-refractivity contribution in [2.75, 3.05) is 62.3 Å². The Morgan fingerprint density at radius 3 is 2.58 bits per heavy atom. The van der Waals surface area contributed by atoms with Crippen LogP contribution in [-0.4, -0.2) is 79.4 Å². The summed E-state index contributed by atoms with van der Waals surface area (Å²) in [5.41, 5.74) is 2.14. The molecule has 8 heteroatoms. The molecule has 8 nitrogen and oxygen atoms in total. The molecule has 164 valence electrons. The highest BCUT2D eigenvalue weighted by molar-refractivity contribution is 5.82. The molecule has 0 spiro atoms. The molecule has 0 saturated carbocycles. The minimum absolute atomic E-state index is 0.0991. The Hall–Kier alpha value is -2.87. The van der Waals surface area contributed by atoms with Crippen LogP contribution in [0.4, 0.5) is 11.8 Å². The summed E-state index contributed by atoms with van der Waals surface area (Å²) in [5.74, 6) is 2.65. The monoisotopic (exact) mass is 423 g/mol. The number of morpholine rings is 1. The number of ether oxygens (including phenoxy) is 2. The standard InChI is InChI=1S/C23H29N5O3/c1-17-16-21(25-23(24-17)28-12-14-30-15-13-28)26-8-10-27(11-9-26)22(29)20-7-6-18-4-2-3-5-19(18)31-20/h2-5,16,20H,6-15H2,1H3. The van der Waals surface area contributed by atoms with E-state index in [1.807, 2.05) is 36.1 Å². The van der Waals surface area contributed by atoms with Gasteiger partial charge in [0.2, 0.25) is 5.95 Å². The topological polar surface area (TPSA) is 71.0 Å². The van der Waals surface area contributed by atoms with E-state index in [0.29, 0.717) is 26.3 Å². The number of aryl methyl sites for hydroxylation is 2. The van der Waals surface area contributed by atoms with Crippen LogP contribution in [0.5, 0.6) is 5.75 Å². The number of carbonyl (C=O) groups excluding carboxylic acids is 1. The van der Waals surface area contributed by atoms with E-state index in [1.54, 1.807) is 0 Å². The Labute approximate surface area is 182 Å². The van der Waals surface area contributed by atoms with Crippen LogP contribution in [0.1, 0.15) is 17.7 Å². The minimum Gasteiger partial charge on any atom is -0.480 e. The molecule has 1 aromatic heterocycles. The number of nitrogens with zero attached hydrogens (tertiary/aromatic N) is 5. The van der Waals surface area contributed by atoms with E-state index in [4.69, 9.17) is 14.5 Å². The summed E-state index contributed by atoms with van der Waals surface area (Å²) in [6.07, 6.45) is 1.25. The van der Waals surface area contributed by atoms with Crippen LogP contribution in [-0.2, 0) is 16.0 Å². The average Bonchev–Trinajstić information content (AvgIpc) is 2.83. The van der Waals surface area contributed by atoms with Gasteiger partial charge < -0.3 is 24.2 Å². The van der Waals surface area contributed by atoms with Crippen molar-refractivity contribution in [3.05, 3.63) is 41.6 Å². The van der Waals surface area contributed by atoms with Crippen molar-refractivity contribution in [2.45, 2.75) is 25.9 Å². The molecule has 0 bridgehead atoms. The van der Waals surface area contributed by atoms with Gasteiger partial charge in [0.15, 0.2) is 6.10 Å². The normalized spacial score (nSPS) is 21.5. The van der Waals surface area contributed by atoms with Gasteiger partial charge in [-0.1, -0.05) is 18.2 Å². The van der Waals surface area contributed by atoms with Crippen molar-refractivity contribution in [1.29, 1.82) is 0 Å². The summed E-state index contributed by atoms with van der Waals surface area (Å²) in [6.45, 7) is 7.93. The van der Waals surface area contributed by atoms with Crippen LogP contribution in [0.2, 0.25) is 0 Å². The first-order valence-corrected chi connectivity index (χ1v) is 11.1. The van der Waals surface area contributed by atoms with E-state index in [2.05, 4.69) is 20.9 Å². The van der Waals surface area contributed by atoms with Crippen LogP contribution in [0.25, 0.3) is 0 Å². The Kier molecular flexibility index (Phi) is 5.63. The number of fused-ring (bicyclic) bond motifs is 1. The van der Waals surface area contributed by atoms with E-state index in [9.17, 15) is 4.79 Å².